The molecule has 4 nitrogen and oxygen atoms in total. The Morgan fingerprint density at radius 1 is 1.26 bits per heavy atom. The fourth-order valence-electron chi connectivity index (χ4n) is 2.95. The Kier molecular flexibility index (Phi) is 7.39. The van der Waals surface area contributed by atoms with Gasteiger partial charge >= 0.3 is 0 Å². The molecule has 0 bridgehead atoms. The van der Waals surface area contributed by atoms with E-state index < -0.39 is 0 Å². The molecule has 1 heterocycles. The Morgan fingerprint density at radius 2 is 1.89 bits per heavy atom. The maximum Gasteiger partial charge on any atom is 0.236 e. The molecule has 1 aliphatic heterocycles. The highest BCUT2D eigenvalue weighted by molar-refractivity contribution is 5.78. The van der Waals surface area contributed by atoms with Crippen molar-refractivity contribution in [3.8, 4) is 0 Å². The Morgan fingerprint density at radius 3 is 2.42 bits per heavy atom. The Balaban J connectivity index is 2.45. The molecule has 1 amide bonds. The van der Waals surface area contributed by atoms with E-state index in [1.165, 1.54) is 6.42 Å². The van der Waals surface area contributed by atoms with Crippen LogP contribution in [0.2, 0.25) is 0 Å². The van der Waals surface area contributed by atoms with Crippen molar-refractivity contribution >= 4 is 5.91 Å². The van der Waals surface area contributed by atoms with Gasteiger partial charge in [0.15, 0.2) is 0 Å². The van der Waals surface area contributed by atoms with Crippen LogP contribution in [0.1, 0.15) is 40.0 Å². The normalized spacial score (nSPS) is 23.9. The van der Waals surface area contributed by atoms with Gasteiger partial charge in [-0.2, -0.15) is 0 Å². The van der Waals surface area contributed by atoms with Gasteiger partial charge in [-0.15, -0.1) is 0 Å². The van der Waals surface area contributed by atoms with Crippen LogP contribution < -0.4 is 0 Å². The molecule has 1 aliphatic rings. The fraction of sp³-hybridized carbons (Fsp3) is 0.933. The second-order valence-corrected chi connectivity index (χ2v) is 6.10. The molecule has 1 rings (SSSR count). The zero-order valence-electron chi connectivity index (χ0n) is 12.8. The van der Waals surface area contributed by atoms with Crippen molar-refractivity contribution in [1.29, 1.82) is 0 Å². The van der Waals surface area contributed by atoms with Gasteiger partial charge in [0.2, 0.25) is 5.91 Å². The third kappa shape index (κ3) is 5.91. The van der Waals surface area contributed by atoms with Crippen LogP contribution in [0, 0.1) is 11.8 Å². The summed E-state index contributed by atoms with van der Waals surface area (Å²) in [5, 5.41) is 9.08. The number of nitrogens with zero attached hydrogens (tertiary/aromatic N) is 2. The minimum Gasteiger partial charge on any atom is -0.395 e. The van der Waals surface area contributed by atoms with Gasteiger partial charge in [0.05, 0.1) is 13.2 Å². The fourth-order valence-corrected chi connectivity index (χ4v) is 2.95. The van der Waals surface area contributed by atoms with Crippen LogP contribution in [0.15, 0.2) is 0 Å². The summed E-state index contributed by atoms with van der Waals surface area (Å²) in [5.41, 5.74) is 0. The summed E-state index contributed by atoms with van der Waals surface area (Å²) >= 11 is 0. The number of hydrogen-bond acceptors (Lipinski definition) is 3. The summed E-state index contributed by atoms with van der Waals surface area (Å²) in [7, 11) is 0. The number of rotatable bonds is 7. The van der Waals surface area contributed by atoms with Gasteiger partial charge in [-0.25, -0.2) is 0 Å². The topological polar surface area (TPSA) is 43.8 Å². The predicted octanol–water partition coefficient (Wildman–Crippen LogP) is 1.59. The first-order chi connectivity index (χ1) is 9.06. The van der Waals surface area contributed by atoms with E-state index in [4.69, 9.17) is 5.11 Å². The number of carbonyl (C=O) groups is 1. The van der Waals surface area contributed by atoms with E-state index in [-0.39, 0.29) is 12.5 Å². The molecule has 1 saturated heterocycles. The number of piperidine rings is 1. The molecule has 0 aromatic rings. The number of likely N-dealkylation sites (tertiary alicyclic amines) is 1. The van der Waals surface area contributed by atoms with Gasteiger partial charge in [0, 0.05) is 19.6 Å². The van der Waals surface area contributed by atoms with Crippen molar-refractivity contribution in [3.63, 3.8) is 0 Å². The van der Waals surface area contributed by atoms with Crippen LogP contribution in [0.5, 0.6) is 0 Å². The Bertz CT molecular complexity index is 261. The minimum absolute atomic E-state index is 0.129. The highest BCUT2D eigenvalue weighted by atomic mass is 16.3. The third-order valence-electron chi connectivity index (χ3n) is 3.82. The number of amides is 1. The average Bonchev–Trinajstić information content (AvgIpc) is 2.35. The maximum atomic E-state index is 12.3. The van der Waals surface area contributed by atoms with Gasteiger partial charge in [-0.1, -0.05) is 27.2 Å². The molecule has 1 N–H and O–H groups in total. The number of unbranched alkanes of at least 4 members (excludes halogenated alkanes) is 1. The summed E-state index contributed by atoms with van der Waals surface area (Å²) in [6.07, 6.45) is 3.42. The van der Waals surface area contributed by atoms with E-state index in [2.05, 4.69) is 25.7 Å². The number of aliphatic hydroxyl groups is 1. The Labute approximate surface area is 117 Å². The van der Waals surface area contributed by atoms with Crippen LogP contribution in [-0.4, -0.2) is 60.1 Å². The third-order valence-corrected chi connectivity index (χ3v) is 3.82. The van der Waals surface area contributed by atoms with E-state index in [1.54, 1.807) is 0 Å². The van der Waals surface area contributed by atoms with Crippen LogP contribution in [0.4, 0.5) is 0 Å². The van der Waals surface area contributed by atoms with Gasteiger partial charge in [-0.05, 0) is 31.2 Å². The molecule has 2 atom stereocenters. The Hall–Kier alpha value is -0.610. The van der Waals surface area contributed by atoms with E-state index >= 15 is 0 Å². The molecule has 0 aromatic heterocycles. The number of carbonyl (C=O) groups excluding carboxylic acids is 1. The van der Waals surface area contributed by atoms with Crippen LogP contribution >= 0.6 is 0 Å². The molecule has 19 heavy (non-hydrogen) atoms. The van der Waals surface area contributed by atoms with Gasteiger partial charge < -0.3 is 10.0 Å². The standard InChI is InChI=1S/C15H30N2O2/c1-4-5-6-16(7-8-18)12-15(19)17-10-13(2)9-14(3)11-17/h13-14,18H,4-12H2,1-3H3. The first-order valence-electron chi connectivity index (χ1n) is 7.67. The zero-order chi connectivity index (χ0) is 14.3. The van der Waals surface area contributed by atoms with Crippen LogP contribution in [0.25, 0.3) is 0 Å². The van der Waals surface area contributed by atoms with Crippen LogP contribution in [0.3, 0.4) is 0 Å². The van der Waals surface area contributed by atoms with E-state index in [9.17, 15) is 4.79 Å². The highest BCUT2D eigenvalue weighted by Gasteiger charge is 2.26. The lowest BCUT2D eigenvalue weighted by molar-refractivity contribution is -0.135. The quantitative estimate of drug-likeness (QED) is 0.764. The van der Waals surface area contributed by atoms with Crippen molar-refractivity contribution in [2.24, 2.45) is 11.8 Å². The highest BCUT2D eigenvalue weighted by Crippen LogP contribution is 2.21. The van der Waals surface area contributed by atoms with E-state index in [0.29, 0.717) is 24.9 Å². The molecular weight excluding hydrogens is 240 g/mol. The molecule has 1 fully saturated rings. The molecule has 0 aliphatic carbocycles. The largest absolute Gasteiger partial charge is 0.395 e. The van der Waals surface area contributed by atoms with Gasteiger partial charge in [-0.3, -0.25) is 9.69 Å². The molecule has 0 spiro atoms. The predicted molar refractivity (Wildman–Crippen MR) is 78.0 cm³/mol. The van der Waals surface area contributed by atoms with Gasteiger partial charge in [0.1, 0.15) is 0 Å². The lowest BCUT2D eigenvalue weighted by atomic mass is 9.92. The van der Waals surface area contributed by atoms with Crippen molar-refractivity contribution < 1.29 is 9.90 Å². The molecule has 112 valence electrons. The van der Waals surface area contributed by atoms with Crippen molar-refractivity contribution in [2.45, 2.75) is 40.0 Å². The second-order valence-electron chi connectivity index (χ2n) is 6.10. The van der Waals surface area contributed by atoms with E-state index in [1.807, 2.05) is 4.90 Å². The zero-order valence-corrected chi connectivity index (χ0v) is 12.8. The summed E-state index contributed by atoms with van der Waals surface area (Å²) in [4.78, 5) is 16.4. The number of hydrogen-bond donors (Lipinski definition) is 1. The molecule has 0 aromatic carbocycles. The molecule has 2 unspecified atom stereocenters. The molecule has 0 radical (unpaired) electrons. The lowest BCUT2D eigenvalue weighted by Crippen LogP contribution is -2.47. The first-order valence-corrected chi connectivity index (χ1v) is 7.67. The molecule has 0 saturated carbocycles. The van der Waals surface area contributed by atoms with E-state index in [0.717, 1.165) is 32.5 Å². The first kappa shape index (κ1) is 16.4. The smallest absolute Gasteiger partial charge is 0.236 e. The van der Waals surface area contributed by atoms with Crippen molar-refractivity contribution in [3.05, 3.63) is 0 Å². The van der Waals surface area contributed by atoms with Crippen molar-refractivity contribution in [1.82, 2.24) is 9.80 Å². The summed E-state index contributed by atoms with van der Waals surface area (Å²) in [6, 6.07) is 0. The number of aliphatic hydroxyl groups excluding tert-OH is 1. The van der Waals surface area contributed by atoms with Gasteiger partial charge in [0.25, 0.3) is 0 Å². The SMILES string of the molecule is CCCCN(CCO)CC(=O)N1CC(C)CC(C)C1. The summed E-state index contributed by atoms with van der Waals surface area (Å²) in [6.45, 7) is 10.5. The lowest BCUT2D eigenvalue weighted by Gasteiger charge is -2.36. The molecule has 4 heteroatoms. The minimum atomic E-state index is 0.129. The van der Waals surface area contributed by atoms with Crippen molar-refractivity contribution in [2.75, 3.05) is 39.3 Å². The van der Waals surface area contributed by atoms with Crippen LogP contribution in [-0.2, 0) is 4.79 Å². The monoisotopic (exact) mass is 270 g/mol. The summed E-state index contributed by atoms with van der Waals surface area (Å²) in [5.74, 6) is 1.44. The maximum absolute atomic E-state index is 12.3. The second kappa shape index (κ2) is 8.54. The summed E-state index contributed by atoms with van der Waals surface area (Å²) < 4.78 is 0. The average molecular weight is 270 g/mol. The molecular formula is C15H30N2O2.